The van der Waals surface area contributed by atoms with Crippen LogP contribution in [0.15, 0.2) is 42.3 Å². The van der Waals surface area contributed by atoms with E-state index < -0.39 is 5.60 Å². The molecule has 4 aromatic rings. The number of thiazole rings is 1. The predicted octanol–water partition coefficient (Wildman–Crippen LogP) is 4.40. The number of nitrogens with zero attached hydrogens (tertiary/aromatic N) is 6. The van der Waals surface area contributed by atoms with E-state index in [9.17, 15) is 5.11 Å². The highest BCUT2D eigenvalue weighted by atomic mass is 35.5. The molecule has 0 radical (unpaired) electrons. The summed E-state index contributed by atoms with van der Waals surface area (Å²) in [6.45, 7) is 1.74. The zero-order chi connectivity index (χ0) is 21.9. The van der Waals surface area contributed by atoms with E-state index in [2.05, 4.69) is 32.3 Å². The van der Waals surface area contributed by atoms with Crippen LogP contribution in [0.4, 0.5) is 5.69 Å². The van der Waals surface area contributed by atoms with Crippen molar-refractivity contribution in [1.82, 2.24) is 24.5 Å². The summed E-state index contributed by atoms with van der Waals surface area (Å²) < 4.78 is 4.01. The zero-order valence-corrected chi connectivity index (χ0v) is 19.5. The van der Waals surface area contributed by atoms with Crippen LogP contribution < -0.4 is 4.90 Å². The standard InChI is InChI=1S/C24H23ClN6OS/c25-18-7-14-9-28-31(17-10-27-30(12-17)16-2-3-16)19(14)8-20(18)29-11-15-1-4-21-23(15,13-29)24(21,32)22-26-5-6-33-22/h5-10,12,15-16,21,32H,1-4,11,13H2/t15-,21+,23?,24?/m0/s1. The van der Waals surface area contributed by atoms with Crippen LogP contribution in [0, 0.1) is 17.3 Å². The van der Waals surface area contributed by atoms with Gasteiger partial charge in [-0.2, -0.15) is 10.2 Å². The number of anilines is 1. The number of hydrogen-bond acceptors (Lipinski definition) is 6. The van der Waals surface area contributed by atoms with E-state index >= 15 is 0 Å². The third-order valence-corrected chi connectivity index (χ3v) is 9.87. The Hall–Kier alpha value is -2.42. The maximum Gasteiger partial charge on any atom is 0.127 e. The first-order valence-corrected chi connectivity index (χ1v) is 12.9. The van der Waals surface area contributed by atoms with Crippen LogP contribution in [0.2, 0.25) is 5.02 Å². The van der Waals surface area contributed by atoms with Crippen LogP contribution in [-0.2, 0) is 5.60 Å². The van der Waals surface area contributed by atoms with Gasteiger partial charge in [-0.1, -0.05) is 11.6 Å². The Morgan fingerprint density at radius 2 is 2.03 bits per heavy atom. The lowest BCUT2D eigenvalue weighted by molar-refractivity contribution is 0.0689. The van der Waals surface area contributed by atoms with Gasteiger partial charge in [0.25, 0.3) is 0 Å². The van der Waals surface area contributed by atoms with Gasteiger partial charge < -0.3 is 10.0 Å². The van der Waals surface area contributed by atoms with Crippen molar-refractivity contribution in [2.45, 2.75) is 37.3 Å². The highest BCUT2D eigenvalue weighted by Gasteiger charge is 2.84. The van der Waals surface area contributed by atoms with Crippen LogP contribution in [0.25, 0.3) is 16.6 Å². The quantitative estimate of drug-likeness (QED) is 0.470. The summed E-state index contributed by atoms with van der Waals surface area (Å²) in [6.07, 6.45) is 12.3. The van der Waals surface area contributed by atoms with Crippen molar-refractivity contribution in [2.24, 2.45) is 17.3 Å². The van der Waals surface area contributed by atoms with Crippen LogP contribution in [0.3, 0.4) is 0 Å². The number of benzene rings is 1. The second kappa shape index (κ2) is 6.17. The Morgan fingerprint density at radius 3 is 2.85 bits per heavy atom. The minimum atomic E-state index is -0.783. The zero-order valence-electron chi connectivity index (χ0n) is 17.9. The molecule has 9 heteroatoms. The number of fused-ring (bicyclic) bond motifs is 1. The fourth-order valence-corrected chi connectivity index (χ4v) is 8.15. The molecule has 4 heterocycles. The average molecular weight is 479 g/mol. The van der Waals surface area contributed by atoms with Crippen LogP contribution in [0.1, 0.15) is 36.7 Å². The first-order valence-electron chi connectivity index (χ1n) is 11.7. The van der Waals surface area contributed by atoms with Crippen molar-refractivity contribution in [3.8, 4) is 5.69 Å². The summed E-state index contributed by atoms with van der Waals surface area (Å²) >= 11 is 8.39. The van der Waals surface area contributed by atoms with E-state index in [1.165, 1.54) is 12.8 Å². The molecule has 8 rings (SSSR count). The maximum absolute atomic E-state index is 11.7. The Balaban J connectivity index is 1.18. The van der Waals surface area contributed by atoms with Gasteiger partial charge >= 0.3 is 0 Å². The van der Waals surface area contributed by atoms with Gasteiger partial charge in [0, 0.05) is 41.4 Å². The Morgan fingerprint density at radius 1 is 1.12 bits per heavy atom. The molecule has 1 saturated heterocycles. The van der Waals surface area contributed by atoms with Gasteiger partial charge in [0.2, 0.25) is 0 Å². The predicted molar refractivity (Wildman–Crippen MR) is 127 cm³/mol. The SMILES string of the molecule is OC1(c2nccs2)[C@@H]2CC[C@H]3CN(c4cc5c(cnn5-c5cnn(C6CC6)c5)cc4Cl)CC321. The van der Waals surface area contributed by atoms with Crippen molar-refractivity contribution < 1.29 is 5.11 Å². The number of aliphatic hydroxyl groups is 1. The summed E-state index contributed by atoms with van der Waals surface area (Å²) in [6, 6.07) is 4.72. The Bertz CT molecular complexity index is 1410. The van der Waals surface area contributed by atoms with Gasteiger partial charge in [0.15, 0.2) is 0 Å². The number of halogens is 1. The number of rotatable bonds is 4. The summed E-state index contributed by atoms with van der Waals surface area (Å²) in [5.74, 6) is 0.761. The molecule has 4 atom stereocenters. The summed E-state index contributed by atoms with van der Waals surface area (Å²) in [4.78, 5) is 6.89. The number of aromatic nitrogens is 5. The van der Waals surface area contributed by atoms with Crippen LogP contribution >= 0.6 is 22.9 Å². The van der Waals surface area contributed by atoms with E-state index in [1.807, 2.05) is 39.4 Å². The third kappa shape index (κ3) is 2.32. The third-order valence-electron chi connectivity index (χ3n) is 8.67. The van der Waals surface area contributed by atoms with Crippen molar-refractivity contribution in [3.63, 3.8) is 0 Å². The van der Waals surface area contributed by atoms with E-state index in [4.69, 9.17) is 11.6 Å². The highest BCUT2D eigenvalue weighted by molar-refractivity contribution is 7.09. The molecule has 7 nitrogen and oxygen atoms in total. The molecule has 3 aromatic heterocycles. The van der Waals surface area contributed by atoms with Crippen molar-refractivity contribution >= 4 is 39.5 Å². The van der Waals surface area contributed by atoms with Crippen molar-refractivity contribution in [1.29, 1.82) is 0 Å². The summed E-state index contributed by atoms with van der Waals surface area (Å²) in [7, 11) is 0. The van der Waals surface area contributed by atoms with Crippen molar-refractivity contribution in [2.75, 3.05) is 18.0 Å². The lowest BCUT2D eigenvalue weighted by atomic mass is 9.89. The van der Waals surface area contributed by atoms with Gasteiger partial charge in [-0.3, -0.25) is 4.68 Å². The first-order chi connectivity index (χ1) is 16.1. The van der Waals surface area contributed by atoms with E-state index in [1.54, 1.807) is 11.3 Å². The molecule has 168 valence electrons. The van der Waals surface area contributed by atoms with Gasteiger partial charge in [0.1, 0.15) is 16.3 Å². The molecule has 33 heavy (non-hydrogen) atoms. The van der Waals surface area contributed by atoms with Gasteiger partial charge in [-0.25, -0.2) is 9.67 Å². The van der Waals surface area contributed by atoms with Gasteiger partial charge in [0.05, 0.1) is 40.9 Å². The van der Waals surface area contributed by atoms with Crippen molar-refractivity contribution in [3.05, 3.63) is 52.3 Å². The molecule has 1 spiro atoms. The maximum atomic E-state index is 11.7. The Labute approximate surface area is 199 Å². The molecule has 1 aromatic carbocycles. The van der Waals surface area contributed by atoms with E-state index in [-0.39, 0.29) is 5.41 Å². The molecule has 1 aliphatic heterocycles. The minimum absolute atomic E-state index is 0.102. The summed E-state index contributed by atoms with van der Waals surface area (Å²) in [5, 5.41) is 25.5. The molecule has 4 aliphatic rings. The highest BCUT2D eigenvalue weighted by Crippen LogP contribution is 2.80. The number of hydrogen-bond donors (Lipinski definition) is 1. The molecule has 4 fully saturated rings. The van der Waals surface area contributed by atoms with Crippen LogP contribution in [-0.4, -0.2) is 42.7 Å². The molecule has 3 saturated carbocycles. The lowest BCUT2D eigenvalue weighted by Gasteiger charge is -2.21. The van der Waals surface area contributed by atoms with Gasteiger partial charge in [-0.05, 0) is 43.7 Å². The largest absolute Gasteiger partial charge is 0.382 e. The molecule has 1 N–H and O–H groups in total. The molecule has 3 aliphatic carbocycles. The first kappa shape index (κ1) is 18.9. The molecular weight excluding hydrogens is 456 g/mol. The normalized spacial score (nSPS) is 32.5. The lowest BCUT2D eigenvalue weighted by Crippen LogP contribution is -2.26. The van der Waals surface area contributed by atoms with Gasteiger partial charge in [-0.15, -0.1) is 11.3 Å². The fraction of sp³-hybridized carbons (Fsp3) is 0.458. The Kier molecular flexibility index (Phi) is 3.54. The van der Waals surface area contributed by atoms with Crippen LogP contribution in [0.5, 0.6) is 0 Å². The summed E-state index contributed by atoms with van der Waals surface area (Å²) in [5.41, 5.74) is 2.14. The monoisotopic (exact) mass is 478 g/mol. The topological polar surface area (TPSA) is 72.0 Å². The average Bonchev–Trinajstić information content (AvgIpc) is 3.33. The molecule has 2 unspecified atom stereocenters. The second-order valence-electron chi connectivity index (χ2n) is 10.2. The fourth-order valence-electron chi connectivity index (χ4n) is 6.97. The van der Waals surface area contributed by atoms with E-state index in [0.717, 1.165) is 58.2 Å². The molecule has 0 amide bonds. The smallest absolute Gasteiger partial charge is 0.127 e. The second-order valence-corrected chi connectivity index (χ2v) is 11.5. The molecule has 0 bridgehead atoms. The van der Waals surface area contributed by atoms with E-state index in [0.29, 0.717) is 17.9 Å². The molecular formula is C24H23ClN6OS. The minimum Gasteiger partial charge on any atom is -0.382 e.